The Morgan fingerprint density at radius 1 is 0.958 bits per heavy atom. The minimum Gasteiger partial charge on any atom is -0.404 e. The third-order valence-corrected chi connectivity index (χ3v) is 9.23. The van der Waals surface area contributed by atoms with Gasteiger partial charge in [0.05, 0.1) is 12.7 Å². The van der Waals surface area contributed by atoms with E-state index >= 15 is 0 Å². The average Bonchev–Trinajstić information content (AvgIpc) is 2.55. The largest absolute Gasteiger partial charge is 0.404 e. The number of hydrogen-bond acceptors (Lipinski definition) is 2. The van der Waals surface area contributed by atoms with E-state index in [1.165, 1.54) is 10.4 Å². The van der Waals surface area contributed by atoms with E-state index in [0.717, 1.165) is 0 Å². The molecule has 2 aromatic rings. The second-order valence-corrected chi connectivity index (χ2v) is 11.4. The molecule has 2 rings (SSSR count). The van der Waals surface area contributed by atoms with Gasteiger partial charge in [0, 0.05) is 0 Å². The van der Waals surface area contributed by atoms with Gasteiger partial charge in [-0.3, -0.25) is 0 Å². The molecule has 0 fully saturated rings. The Kier molecular flexibility index (Phi) is 6.16. The predicted molar refractivity (Wildman–Crippen MR) is 104 cm³/mol. The van der Waals surface area contributed by atoms with Crippen molar-refractivity contribution in [3.63, 3.8) is 0 Å². The highest BCUT2D eigenvalue weighted by molar-refractivity contribution is 6.99. The highest BCUT2D eigenvalue weighted by Gasteiger charge is 2.49. The summed E-state index contributed by atoms with van der Waals surface area (Å²) in [6.45, 7) is 9.03. The van der Waals surface area contributed by atoms with Crippen LogP contribution in [0.2, 0.25) is 5.04 Å². The van der Waals surface area contributed by atoms with Crippen LogP contribution in [0.15, 0.2) is 72.8 Å². The molecular weight excluding hydrogens is 312 g/mol. The average molecular weight is 341 g/mol. The number of rotatable bonds is 6. The summed E-state index contributed by atoms with van der Waals surface area (Å²) in [4.78, 5) is 0. The Hall–Kier alpha value is -1.68. The van der Waals surface area contributed by atoms with Crippen molar-refractivity contribution < 1.29 is 9.53 Å². The first-order chi connectivity index (χ1) is 11.4. The number of benzene rings is 2. The first-order valence-electron chi connectivity index (χ1n) is 8.47. The molecule has 128 valence electrons. The van der Waals surface area contributed by atoms with E-state index in [1.807, 2.05) is 18.2 Å². The molecule has 0 spiro atoms. The van der Waals surface area contributed by atoms with Crippen molar-refractivity contribution >= 4 is 18.7 Å². The topological polar surface area (TPSA) is 29.5 Å². The van der Waals surface area contributed by atoms with Gasteiger partial charge in [-0.15, -0.1) is 0 Å². The molecule has 2 aromatic carbocycles. The Bertz CT molecular complexity index is 603. The summed E-state index contributed by atoms with van der Waals surface area (Å²) in [5.74, 6) is 0. The van der Waals surface area contributed by atoms with E-state index in [2.05, 4.69) is 69.3 Å². The van der Waals surface area contributed by atoms with Crippen molar-refractivity contribution in [2.24, 2.45) is 0 Å². The maximum atomic E-state index is 9.44. The molecule has 0 unspecified atom stereocenters. The van der Waals surface area contributed by atoms with E-state index in [9.17, 15) is 5.11 Å². The quantitative estimate of drug-likeness (QED) is 0.644. The lowest BCUT2D eigenvalue weighted by Gasteiger charge is -2.42. The van der Waals surface area contributed by atoms with Crippen molar-refractivity contribution in [3.8, 4) is 0 Å². The predicted octanol–water partition coefficient (Wildman–Crippen LogP) is 3.50. The van der Waals surface area contributed by atoms with Gasteiger partial charge in [0.1, 0.15) is 0 Å². The Morgan fingerprint density at radius 3 is 1.79 bits per heavy atom. The molecule has 3 heteroatoms. The number of aliphatic hydroxyl groups is 1. The van der Waals surface area contributed by atoms with Crippen LogP contribution < -0.4 is 10.4 Å². The summed E-state index contributed by atoms with van der Waals surface area (Å²) < 4.78 is 6.66. The Labute approximate surface area is 146 Å². The molecule has 1 atom stereocenters. The maximum Gasteiger partial charge on any atom is 0.261 e. The number of aliphatic hydroxyl groups excluding tert-OH is 1. The van der Waals surface area contributed by atoms with Crippen molar-refractivity contribution in [2.45, 2.75) is 38.8 Å². The highest BCUT2D eigenvalue weighted by atomic mass is 28.4. The van der Waals surface area contributed by atoms with Gasteiger partial charge in [-0.1, -0.05) is 93.6 Å². The van der Waals surface area contributed by atoms with E-state index in [-0.39, 0.29) is 5.04 Å². The molecule has 0 aliphatic heterocycles. The minimum atomic E-state index is -2.45. The zero-order chi connectivity index (χ0) is 17.6. The number of hydrogen-bond donors (Lipinski definition) is 1. The van der Waals surface area contributed by atoms with Crippen LogP contribution in [-0.2, 0) is 4.43 Å². The van der Waals surface area contributed by atoms with Crippen LogP contribution in [0, 0.1) is 0 Å². The summed E-state index contributed by atoms with van der Waals surface area (Å²) in [5, 5.41) is 12.0. The Balaban J connectivity index is 2.53. The van der Waals surface area contributed by atoms with Crippen molar-refractivity contribution in [2.75, 3.05) is 6.61 Å². The SMILES string of the molecule is C[C@@H](O)/C=C/CO[Si](c1ccccc1)(c1ccccc1)C(C)(C)C. The molecule has 0 saturated heterocycles. The van der Waals surface area contributed by atoms with E-state index in [0.29, 0.717) is 6.61 Å². The molecule has 2 nitrogen and oxygen atoms in total. The van der Waals surface area contributed by atoms with Gasteiger partial charge in [0.25, 0.3) is 8.32 Å². The van der Waals surface area contributed by atoms with Gasteiger partial charge in [-0.05, 0) is 22.3 Å². The summed E-state index contributed by atoms with van der Waals surface area (Å²) in [6, 6.07) is 21.2. The molecule has 0 saturated carbocycles. The molecule has 0 bridgehead atoms. The van der Waals surface area contributed by atoms with Crippen LogP contribution in [0.3, 0.4) is 0 Å². The molecule has 0 aliphatic carbocycles. The third-order valence-electron chi connectivity index (χ3n) is 4.23. The van der Waals surface area contributed by atoms with Crippen molar-refractivity contribution in [1.29, 1.82) is 0 Å². The highest BCUT2D eigenvalue weighted by Crippen LogP contribution is 2.36. The smallest absolute Gasteiger partial charge is 0.261 e. The standard InChI is InChI=1S/C21H28O2Si/c1-18(22)12-11-17-23-24(21(2,3)4,19-13-7-5-8-14-19)20-15-9-6-10-16-20/h5-16,18,22H,17H2,1-4H3/b12-11+/t18-/m1/s1. The third kappa shape index (κ3) is 4.04. The molecule has 1 N–H and O–H groups in total. The first-order valence-corrected chi connectivity index (χ1v) is 10.4. The zero-order valence-electron chi connectivity index (χ0n) is 15.1. The van der Waals surface area contributed by atoms with Crippen LogP contribution in [-0.4, -0.2) is 26.1 Å². The van der Waals surface area contributed by atoms with Crippen LogP contribution in [0.5, 0.6) is 0 Å². The van der Waals surface area contributed by atoms with Crippen LogP contribution >= 0.6 is 0 Å². The fraction of sp³-hybridized carbons (Fsp3) is 0.333. The van der Waals surface area contributed by atoms with Gasteiger partial charge in [-0.25, -0.2) is 0 Å². The molecule has 0 aromatic heterocycles. The van der Waals surface area contributed by atoms with Gasteiger partial charge in [0.2, 0.25) is 0 Å². The molecular formula is C21H28O2Si. The lowest BCUT2D eigenvalue weighted by atomic mass is 10.2. The maximum absolute atomic E-state index is 9.44. The second-order valence-electron chi connectivity index (χ2n) is 7.14. The minimum absolute atomic E-state index is 0.0195. The molecule has 0 radical (unpaired) electrons. The molecule has 0 aliphatic rings. The van der Waals surface area contributed by atoms with Crippen molar-refractivity contribution in [3.05, 3.63) is 72.8 Å². The fourth-order valence-corrected chi connectivity index (χ4v) is 7.69. The lowest BCUT2D eigenvalue weighted by molar-refractivity contribution is 0.242. The van der Waals surface area contributed by atoms with E-state index in [1.54, 1.807) is 13.0 Å². The van der Waals surface area contributed by atoms with Gasteiger partial charge in [0.15, 0.2) is 0 Å². The second kappa shape index (κ2) is 7.93. The van der Waals surface area contributed by atoms with Crippen molar-refractivity contribution in [1.82, 2.24) is 0 Å². The zero-order valence-corrected chi connectivity index (χ0v) is 16.1. The van der Waals surface area contributed by atoms with Gasteiger partial charge < -0.3 is 9.53 Å². The van der Waals surface area contributed by atoms with Crippen LogP contribution in [0.25, 0.3) is 0 Å². The van der Waals surface area contributed by atoms with Crippen LogP contribution in [0.4, 0.5) is 0 Å². The lowest BCUT2D eigenvalue weighted by Crippen LogP contribution is -2.66. The van der Waals surface area contributed by atoms with E-state index in [4.69, 9.17) is 4.43 Å². The summed E-state index contributed by atoms with van der Waals surface area (Å²) >= 11 is 0. The van der Waals surface area contributed by atoms with Gasteiger partial charge >= 0.3 is 0 Å². The van der Waals surface area contributed by atoms with Gasteiger partial charge in [-0.2, -0.15) is 0 Å². The Morgan fingerprint density at radius 2 is 1.42 bits per heavy atom. The summed E-state index contributed by atoms with van der Waals surface area (Å²) in [6.07, 6.45) is 3.25. The molecule has 0 amide bonds. The van der Waals surface area contributed by atoms with E-state index < -0.39 is 14.4 Å². The summed E-state index contributed by atoms with van der Waals surface area (Å²) in [7, 11) is -2.45. The summed E-state index contributed by atoms with van der Waals surface area (Å²) in [5.41, 5.74) is 0. The fourth-order valence-electron chi connectivity index (χ4n) is 3.19. The van der Waals surface area contributed by atoms with Crippen LogP contribution in [0.1, 0.15) is 27.7 Å². The first kappa shape index (κ1) is 18.7. The normalized spacial score (nSPS) is 14.0. The molecule has 0 heterocycles. The molecule has 24 heavy (non-hydrogen) atoms. The monoisotopic (exact) mass is 340 g/mol.